The van der Waals surface area contributed by atoms with Gasteiger partial charge in [-0.15, -0.1) is 0 Å². The number of benzene rings is 2. The molecule has 0 spiro atoms. The quantitative estimate of drug-likeness (QED) is 0.459. The number of hydrogen-bond acceptors (Lipinski definition) is 4. The number of aliphatic hydroxyl groups excluding tert-OH is 1. The zero-order valence-corrected chi connectivity index (χ0v) is 15.5. The topological polar surface area (TPSA) is 100 Å². The highest BCUT2D eigenvalue weighted by molar-refractivity contribution is 6.50. The lowest BCUT2D eigenvalue weighted by Crippen LogP contribution is -2.22. The van der Waals surface area contributed by atoms with Crippen molar-refractivity contribution in [3.05, 3.63) is 66.0 Å². The molecular weight excluding hydrogens is 368 g/mol. The van der Waals surface area contributed by atoms with E-state index in [1.54, 1.807) is 0 Å². The van der Waals surface area contributed by atoms with Crippen molar-refractivity contribution in [2.75, 3.05) is 6.61 Å². The fourth-order valence-electron chi connectivity index (χ4n) is 3.96. The van der Waals surface area contributed by atoms with Crippen molar-refractivity contribution in [3.63, 3.8) is 0 Å². The number of amides is 2. The van der Waals surface area contributed by atoms with E-state index in [4.69, 9.17) is 0 Å². The van der Waals surface area contributed by atoms with Crippen LogP contribution in [-0.2, 0) is 16.1 Å². The highest BCUT2D eigenvalue weighted by atomic mass is 16.3. The third-order valence-electron chi connectivity index (χ3n) is 5.25. The number of imide groups is 1. The Morgan fingerprint density at radius 3 is 2.48 bits per heavy atom. The average Bonchev–Trinajstić information content (AvgIpc) is 3.39. The molecule has 0 fully saturated rings. The Kier molecular flexibility index (Phi) is 4.03. The Hall–Kier alpha value is -3.71. The highest BCUT2D eigenvalue weighted by Crippen LogP contribution is 2.37. The van der Waals surface area contributed by atoms with Crippen molar-refractivity contribution in [1.29, 1.82) is 0 Å². The van der Waals surface area contributed by atoms with Crippen LogP contribution in [0, 0.1) is 0 Å². The van der Waals surface area contributed by atoms with Gasteiger partial charge in [-0.2, -0.15) is 5.10 Å². The number of para-hydroxylation sites is 2. The summed E-state index contributed by atoms with van der Waals surface area (Å²) in [5, 5.41) is 20.6. The summed E-state index contributed by atoms with van der Waals surface area (Å²) in [6.45, 7) is 0.689. The van der Waals surface area contributed by atoms with Crippen LogP contribution in [0.4, 0.5) is 0 Å². The summed E-state index contributed by atoms with van der Waals surface area (Å²) in [6.07, 6.45) is 2.47. The first-order valence-electron chi connectivity index (χ1n) is 9.41. The number of hydrogen-bond donors (Lipinski definition) is 3. The van der Waals surface area contributed by atoms with Gasteiger partial charge in [0.2, 0.25) is 0 Å². The molecular formula is C22H18N4O3. The molecule has 2 aromatic heterocycles. The number of fused-ring (bicyclic) bond motifs is 2. The van der Waals surface area contributed by atoms with Gasteiger partial charge < -0.3 is 9.67 Å². The van der Waals surface area contributed by atoms with Crippen molar-refractivity contribution in [1.82, 2.24) is 20.1 Å². The molecule has 3 N–H and O–H groups in total. The lowest BCUT2D eigenvalue weighted by Gasteiger charge is -2.02. The lowest BCUT2D eigenvalue weighted by atomic mass is 9.97. The number of aryl methyl sites for hydroxylation is 1. The van der Waals surface area contributed by atoms with E-state index in [2.05, 4.69) is 15.5 Å². The minimum absolute atomic E-state index is 0.0774. The average molecular weight is 386 g/mol. The molecule has 0 saturated heterocycles. The van der Waals surface area contributed by atoms with E-state index >= 15 is 0 Å². The lowest BCUT2D eigenvalue weighted by molar-refractivity contribution is -0.122. The first kappa shape index (κ1) is 17.4. The van der Waals surface area contributed by atoms with E-state index in [9.17, 15) is 14.7 Å². The molecule has 1 aliphatic heterocycles. The van der Waals surface area contributed by atoms with E-state index in [1.807, 2.05) is 59.3 Å². The first-order chi connectivity index (χ1) is 14.2. The van der Waals surface area contributed by atoms with Crippen LogP contribution >= 0.6 is 0 Å². The Bertz CT molecular complexity index is 1310. The van der Waals surface area contributed by atoms with Crippen LogP contribution in [0.1, 0.15) is 17.7 Å². The molecule has 5 rings (SSSR count). The monoisotopic (exact) mass is 386 g/mol. The second-order valence-corrected chi connectivity index (χ2v) is 6.98. The molecule has 7 heteroatoms. The third kappa shape index (κ3) is 2.67. The van der Waals surface area contributed by atoms with Crippen molar-refractivity contribution >= 4 is 44.8 Å². The van der Waals surface area contributed by atoms with E-state index < -0.39 is 11.8 Å². The molecule has 1 aliphatic rings. The van der Waals surface area contributed by atoms with Crippen LogP contribution in [-0.4, -0.2) is 38.3 Å². The van der Waals surface area contributed by atoms with E-state index in [1.165, 1.54) is 0 Å². The molecule has 0 atom stereocenters. The minimum atomic E-state index is -0.450. The molecule has 0 unspecified atom stereocenters. The maximum Gasteiger partial charge on any atom is 0.261 e. The Labute approximate surface area is 165 Å². The third-order valence-corrected chi connectivity index (χ3v) is 5.25. The number of H-pyrrole nitrogens is 1. The number of aromatic nitrogens is 3. The molecule has 2 aromatic carbocycles. The van der Waals surface area contributed by atoms with Crippen molar-refractivity contribution in [3.8, 4) is 0 Å². The van der Waals surface area contributed by atoms with Gasteiger partial charge in [0.05, 0.1) is 16.7 Å². The van der Waals surface area contributed by atoms with Crippen LogP contribution in [0.3, 0.4) is 0 Å². The largest absolute Gasteiger partial charge is 0.396 e. The second kappa shape index (κ2) is 6.72. The number of rotatable bonds is 5. The summed E-state index contributed by atoms with van der Waals surface area (Å²) in [4.78, 5) is 25.6. The number of nitrogens with zero attached hydrogens (tertiary/aromatic N) is 2. The van der Waals surface area contributed by atoms with Crippen molar-refractivity contribution in [2.45, 2.75) is 13.0 Å². The van der Waals surface area contributed by atoms with Gasteiger partial charge in [0.15, 0.2) is 0 Å². The van der Waals surface area contributed by atoms with Gasteiger partial charge in [0.25, 0.3) is 11.8 Å². The molecule has 144 valence electrons. The highest BCUT2D eigenvalue weighted by Gasteiger charge is 2.35. The predicted octanol–water partition coefficient (Wildman–Crippen LogP) is 2.47. The van der Waals surface area contributed by atoms with Crippen LogP contribution in [0.2, 0.25) is 0 Å². The molecule has 0 bridgehead atoms. The molecule has 29 heavy (non-hydrogen) atoms. The zero-order valence-electron chi connectivity index (χ0n) is 15.5. The molecule has 4 aromatic rings. The summed E-state index contributed by atoms with van der Waals surface area (Å²) < 4.78 is 2.00. The van der Waals surface area contributed by atoms with Crippen LogP contribution in [0.15, 0.2) is 54.7 Å². The fourth-order valence-corrected chi connectivity index (χ4v) is 3.96. The van der Waals surface area contributed by atoms with Gasteiger partial charge in [0, 0.05) is 41.2 Å². The molecule has 2 amide bonds. The van der Waals surface area contributed by atoms with Crippen molar-refractivity contribution in [2.24, 2.45) is 0 Å². The standard InChI is InChI=1S/C22H18N4O3/c27-11-5-10-26-12-15(13-6-2-4-9-17(13)26)18-19(22(29)23-21(18)28)20-14-7-1-3-8-16(14)24-25-20/h1-4,6-9,12,27H,5,10-11H2,(H,24,25)(H,23,28,29). The molecule has 0 saturated carbocycles. The Balaban J connectivity index is 1.79. The van der Waals surface area contributed by atoms with Crippen LogP contribution in [0.25, 0.3) is 33.0 Å². The number of nitrogens with one attached hydrogen (secondary N) is 2. The summed E-state index contributed by atoms with van der Waals surface area (Å²) in [7, 11) is 0. The van der Waals surface area contributed by atoms with Crippen LogP contribution < -0.4 is 5.32 Å². The van der Waals surface area contributed by atoms with Gasteiger partial charge in [-0.05, 0) is 18.6 Å². The maximum atomic E-state index is 12.8. The number of aromatic amines is 1. The minimum Gasteiger partial charge on any atom is -0.396 e. The zero-order chi connectivity index (χ0) is 20.0. The molecule has 0 radical (unpaired) electrons. The van der Waals surface area contributed by atoms with Crippen molar-refractivity contribution < 1.29 is 14.7 Å². The molecule has 7 nitrogen and oxygen atoms in total. The first-order valence-corrected chi connectivity index (χ1v) is 9.41. The van der Waals surface area contributed by atoms with Gasteiger partial charge >= 0.3 is 0 Å². The predicted molar refractivity (Wildman–Crippen MR) is 110 cm³/mol. The molecule has 0 aliphatic carbocycles. The van der Waals surface area contributed by atoms with Gasteiger partial charge in [-0.25, -0.2) is 0 Å². The Morgan fingerprint density at radius 1 is 0.931 bits per heavy atom. The number of carbonyl (C=O) groups excluding carboxylic acids is 2. The Morgan fingerprint density at radius 2 is 1.66 bits per heavy atom. The van der Waals surface area contributed by atoms with Gasteiger partial charge in [0.1, 0.15) is 5.69 Å². The van der Waals surface area contributed by atoms with E-state index in [0.29, 0.717) is 29.8 Å². The normalized spacial score (nSPS) is 14.4. The smallest absolute Gasteiger partial charge is 0.261 e. The fraction of sp³-hybridized carbons (Fsp3) is 0.136. The molecule has 3 heterocycles. The van der Waals surface area contributed by atoms with E-state index in [0.717, 1.165) is 21.8 Å². The van der Waals surface area contributed by atoms with Gasteiger partial charge in [-0.3, -0.25) is 20.0 Å². The summed E-state index contributed by atoms with van der Waals surface area (Å²) in [5.41, 5.74) is 3.49. The summed E-state index contributed by atoms with van der Waals surface area (Å²) >= 11 is 0. The second-order valence-electron chi connectivity index (χ2n) is 6.98. The number of aliphatic hydroxyl groups is 1. The van der Waals surface area contributed by atoms with Crippen LogP contribution in [0.5, 0.6) is 0 Å². The summed E-state index contributed by atoms with van der Waals surface area (Å²) in [6, 6.07) is 15.2. The summed E-state index contributed by atoms with van der Waals surface area (Å²) in [5.74, 6) is -0.878. The number of carbonyl (C=O) groups is 2. The SMILES string of the molecule is O=C1NC(=O)C(c2cn(CCCO)c3ccccc23)=C1c1n[nH]c2ccccc12. The van der Waals surface area contributed by atoms with Gasteiger partial charge in [-0.1, -0.05) is 36.4 Å². The maximum absolute atomic E-state index is 12.8. The van der Waals surface area contributed by atoms with E-state index in [-0.39, 0.29) is 12.2 Å².